The van der Waals surface area contributed by atoms with Crippen LogP contribution < -0.4 is 5.32 Å². The Morgan fingerprint density at radius 2 is 1.88 bits per heavy atom. The molecule has 182 valence electrons. The van der Waals surface area contributed by atoms with E-state index in [-0.39, 0.29) is 30.4 Å². The third-order valence-corrected chi connectivity index (χ3v) is 5.75. The van der Waals surface area contributed by atoms with Gasteiger partial charge in [0.25, 0.3) is 5.91 Å². The maximum Gasteiger partial charge on any atom is 0.252 e. The Hall–Kier alpha value is -2.26. The number of amides is 2. The smallest absolute Gasteiger partial charge is 0.252 e. The number of piperazine rings is 1. The number of benzene rings is 1. The molecule has 0 bridgehead atoms. The highest BCUT2D eigenvalue weighted by Gasteiger charge is 2.46. The fraction of sp³-hybridized carbons (Fsp3) is 0.600. The quantitative estimate of drug-likeness (QED) is 0.223. The zero-order chi connectivity index (χ0) is 23.6. The van der Waals surface area contributed by atoms with Gasteiger partial charge in [-0.15, -0.1) is 0 Å². The predicted octanol–water partition coefficient (Wildman–Crippen LogP) is 2.11. The van der Waals surface area contributed by atoms with Gasteiger partial charge < -0.3 is 15.0 Å². The zero-order valence-electron chi connectivity index (χ0n) is 19.9. The largest absolute Gasteiger partial charge is 0.356 e. The predicted molar refractivity (Wildman–Crippen MR) is 126 cm³/mol. The molecule has 3 rings (SSSR count). The van der Waals surface area contributed by atoms with E-state index in [4.69, 9.17) is 14.5 Å². The van der Waals surface area contributed by atoms with Crippen molar-refractivity contribution in [2.75, 3.05) is 45.9 Å². The third kappa shape index (κ3) is 8.23. The summed E-state index contributed by atoms with van der Waals surface area (Å²) in [5.74, 6) is 0.00365. The van der Waals surface area contributed by atoms with Crippen LogP contribution >= 0.6 is 0 Å². The number of epoxide rings is 1. The summed E-state index contributed by atoms with van der Waals surface area (Å²) >= 11 is 0. The first-order valence-electron chi connectivity index (χ1n) is 11.9. The number of hydrogen-bond acceptors (Lipinski definition) is 6. The molecule has 2 fully saturated rings. The van der Waals surface area contributed by atoms with Crippen molar-refractivity contribution in [3.8, 4) is 0 Å². The van der Waals surface area contributed by atoms with Crippen LogP contribution in [0.1, 0.15) is 32.8 Å². The van der Waals surface area contributed by atoms with E-state index in [2.05, 4.69) is 48.3 Å². The molecule has 0 radical (unpaired) electrons. The van der Waals surface area contributed by atoms with Crippen LogP contribution in [0, 0.1) is 5.92 Å². The topological polar surface area (TPSA) is 83.6 Å². The van der Waals surface area contributed by atoms with Crippen LogP contribution in [-0.4, -0.2) is 85.8 Å². The van der Waals surface area contributed by atoms with Gasteiger partial charge in [-0.25, -0.2) is 9.78 Å². The number of rotatable bonds is 12. The normalized spacial score (nSPS) is 22.0. The van der Waals surface area contributed by atoms with Crippen molar-refractivity contribution in [3.63, 3.8) is 0 Å². The van der Waals surface area contributed by atoms with Crippen molar-refractivity contribution in [2.24, 2.45) is 5.92 Å². The molecule has 1 aromatic carbocycles. The van der Waals surface area contributed by atoms with Gasteiger partial charge in [-0.1, -0.05) is 56.3 Å². The fourth-order valence-electron chi connectivity index (χ4n) is 3.92. The molecule has 0 spiro atoms. The summed E-state index contributed by atoms with van der Waals surface area (Å²) in [5.41, 5.74) is 1.19. The van der Waals surface area contributed by atoms with Gasteiger partial charge in [-0.3, -0.25) is 14.5 Å². The minimum Gasteiger partial charge on any atom is -0.356 e. The number of carbonyl (C=O) groups excluding carboxylic acids is 2. The third-order valence-electron chi connectivity index (χ3n) is 5.75. The Balaban J connectivity index is 1.44. The van der Waals surface area contributed by atoms with Crippen LogP contribution in [0.15, 0.2) is 36.4 Å². The summed E-state index contributed by atoms with van der Waals surface area (Å²) < 4.78 is 5.38. The molecule has 2 aliphatic rings. The lowest BCUT2D eigenvalue weighted by Gasteiger charge is -2.36. The molecule has 8 heteroatoms. The number of nitrogens with zero attached hydrogens (tertiary/aromatic N) is 2. The van der Waals surface area contributed by atoms with E-state index in [1.165, 1.54) is 5.56 Å². The Morgan fingerprint density at radius 1 is 1.15 bits per heavy atom. The average molecular weight is 460 g/mol. The van der Waals surface area contributed by atoms with E-state index in [1.54, 1.807) is 0 Å². The van der Waals surface area contributed by atoms with E-state index >= 15 is 0 Å². The van der Waals surface area contributed by atoms with Gasteiger partial charge in [0.05, 0.1) is 6.61 Å². The molecule has 2 heterocycles. The molecule has 33 heavy (non-hydrogen) atoms. The van der Waals surface area contributed by atoms with Crippen molar-refractivity contribution < 1.29 is 24.1 Å². The lowest BCUT2D eigenvalue weighted by Crippen LogP contribution is -2.55. The molecule has 1 aromatic rings. The number of nitrogens with one attached hydrogen (secondary N) is 1. The van der Waals surface area contributed by atoms with E-state index in [9.17, 15) is 9.59 Å². The highest BCUT2D eigenvalue weighted by atomic mass is 17.2. The van der Waals surface area contributed by atoms with Crippen molar-refractivity contribution in [2.45, 2.75) is 45.4 Å². The summed E-state index contributed by atoms with van der Waals surface area (Å²) in [7, 11) is 0. The first-order chi connectivity index (χ1) is 16.0. The van der Waals surface area contributed by atoms with Gasteiger partial charge in [-0.2, -0.15) is 0 Å². The Kier molecular flexibility index (Phi) is 9.87. The molecule has 8 nitrogen and oxygen atoms in total. The van der Waals surface area contributed by atoms with E-state index < -0.39 is 12.1 Å². The van der Waals surface area contributed by atoms with Gasteiger partial charge in [0.15, 0.2) is 6.10 Å². The molecule has 1 N–H and O–H groups in total. The second kappa shape index (κ2) is 12.8. The van der Waals surface area contributed by atoms with E-state index in [1.807, 2.05) is 30.0 Å². The van der Waals surface area contributed by atoms with Crippen molar-refractivity contribution in [1.29, 1.82) is 0 Å². The molecule has 2 saturated heterocycles. The number of ether oxygens (including phenoxy) is 1. The molecule has 0 aromatic heterocycles. The maximum atomic E-state index is 13.2. The maximum absolute atomic E-state index is 13.2. The highest BCUT2D eigenvalue weighted by molar-refractivity contribution is 5.90. The second-order valence-electron chi connectivity index (χ2n) is 8.92. The number of hydrogen-bond donors (Lipinski definition) is 1. The second-order valence-corrected chi connectivity index (χ2v) is 8.92. The molecule has 0 saturated carbocycles. The average Bonchev–Trinajstić information content (AvgIpc) is 3.59. The minimum absolute atomic E-state index is 0.0145. The molecular weight excluding hydrogens is 422 g/mol. The lowest BCUT2D eigenvalue weighted by atomic mass is 10.0. The summed E-state index contributed by atoms with van der Waals surface area (Å²) in [5, 5.41) is 2.92. The van der Waals surface area contributed by atoms with Crippen molar-refractivity contribution in [3.05, 3.63) is 42.0 Å². The first kappa shape index (κ1) is 25.4. The van der Waals surface area contributed by atoms with Crippen LogP contribution in [0.3, 0.4) is 0 Å². The molecule has 3 atom stereocenters. The Labute approximate surface area is 196 Å². The fourth-order valence-corrected chi connectivity index (χ4v) is 3.92. The molecule has 2 unspecified atom stereocenters. The Morgan fingerprint density at radius 3 is 2.55 bits per heavy atom. The molecule has 2 amide bonds. The summed E-state index contributed by atoms with van der Waals surface area (Å²) in [6.45, 7) is 10.4. The molecular formula is C25H37N3O5. The zero-order valence-corrected chi connectivity index (χ0v) is 19.9. The minimum atomic E-state index is -0.582. The van der Waals surface area contributed by atoms with Crippen LogP contribution in [-0.2, 0) is 24.1 Å². The van der Waals surface area contributed by atoms with E-state index in [0.717, 1.165) is 19.6 Å². The van der Waals surface area contributed by atoms with Gasteiger partial charge in [0.2, 0.25) is 5.91 Å². The van der Waals surface area contributed by atoms with Crippen LogP contribution in [0.25, 0.3) is 6.08 Å². The van der Waals surface area contributed by atoms with E-state index in [0.29, 0.717) is 26.1 Å². The van der Waals surface area contributed by atoms with Gasteiger partial charge >= 0.3 is 0 Å². The Bertz CT molecular complexity index is 778. The van der Waals surface area contributed by atoms with Crippen LogP contribution in [0.4, 0.5) is 0 Å². The summed E-state index contributed by atoms with van der Waals surface area (Å²) in [6, 6.07) is 9.69. The van der Waals surface area contributed by atoms with Gasteiger partial charge in [-0.05, 0) is 24.8 Å². The molecule has 2 aliphatic heterocycles. The first-order valence-corrected chi connectivity index (χ1v) is 11.9. The van der Waals surface area contributed by atoms with Gasteiger partial charge in [0, 0.05) is 32.7 Å². The van der Waals surface area contributed by atoms with Crippen molar-refractivity contribution >= 4 is 17.9 Å². The van der Waals surface area contributed by atoms with Crippen LogP contribution in [0.5, 0.6) is 0 Å². The van der Waals surface area contributed by atoms with Crippen LogP contribution in [0.2, 0.25) is 0 Å². The van der Waals surface area contributed by atoms with Crippen molar-refractivity contribution in [1.82, 2.24) is 15.1 Å². The lowest BCUT2D eigenvalue weighted by molar-refractivity contribution is -0.292. The standard InChI is InChI=1S/C25H37N3O5/c1-4-31-32-18-22-23(33-22)24(29)26-21(17-19(2)3)25(30)28-15-13-27(14-16-28)12-8-11-20-9-6-5-7-10-20/h5-11,19,21-23H,4,12-18H2,1-3H3,(H,26,29)/t21-,22?,23?/m0/s1. The van der Waals surface area contributed by atoms with Gasteiger partial charge in [0.1, 0.15) is 18.8 Å². The SMILES string of the molecule is CCOOCC1OC1C(=O)N[C@@H](CC(C)C)C(=O)N1CCN(CC=Cc2ccccc2)CC1. The highest BCUT2D eigenvalue weighted by Crippen LogP contribution is 2.23. The number of carbonyl (C=O) groups is 2. The summed E-state index contributed by atoms with van der Waals surface area (Å²) in [6.07, 6.45) is 3.98. The monoisotopic (exact) mass is 459 g/mol. The molecule has 0 aliphatic carbocycles. The summed E-state index contributed by atoms with van der Waals surface area (Å²) in [4.78, 5) is 39.8.